The molecule has 3 saturated heterocycles. The number of benzene rings is 3. The van der Waals surface area contributed by atoms with Crippen molar-refractivity contribution >= 4 is 11.7 Å². The van der Waals surface area contributed by atoms with Crippen molar-refractivity contribution in [3.63, 3.8) is 0 Å². The van der Waals surface area contributed by atoms with Crippen molar-refractivity contribution in [2.24, 2.45) is 16.8 Å². The SMILES string of the molecule is CCOC(=O)[C@H]1C2CN(Cc3ccccc3)[C@@H](CCc3ccccc3)[C@@]23N=C(Cc2ccccc2)[C@@]1(N1CCOCC1)O3. The number of likely N-dealkylation sites (tertiary alicyclic amines) is 1. The Balaban J connectivity index is 1.34. The number of fused-ring (bicyclic) bond motifs is 1. The second-order valence-corrected chi connectivity index (χ2v) is 12.2. The molecule has 43 heavy (non-hydrogen) atoms. The average Bonchev–Trinajstić information content (AvgIpc) is 3.63. The highest BCUT2D eigenvalue weighted by Crippen LogP contribution is 2.61. The van der Waals surface area contributed by atoms with Crippen LogP contribution in [0.4, 0.5) is 0 Å². The molecule has 0 aromatic heterocycles. The molecular weight excluding hydrogens is 538 g/mol. The standard InChI is InChI=1S/C36H41N3O4/c1-2-42-34(40)33-30-26-38(25-29-16-10-5-11-17-29)32(19-18-27-12-6-3-7-13-27)35(30)37-31(24-28-14-8-4-9-15-28)36(33,43-35)39-20-22-41-23-21-39/h3-17,30,32-33H,2,18-26H2,1H3/t30?,32-,33+,35+,36+/m0/s1. The van der Waals surface area contributed by atoms with Crippen LogP contribution in [0.1, 0.15) is 30.0 Å². The van der Waals surface area contributed by atoms with Crippen LogP contribution in [0.5, 0.6) is 0 Å². The Morgan fingerprint density at radius 3 is 2.19 bits per heavy atom. The van der Waals surface area contributed by atoms with Crippen molar-refractivity contribution in [1.29, 1.82) is 0 Å². The zero-order chi connectivity index (χ0) is 29.3. The Morgan fingerprint density at radius 2 is 1.53 bits per heavy atom. The fourth-order valence-corrected chi connectivity index (χ4v) is 7.98. The van der Waals surface area contributed by atoms with E-state index in [4.69, 9.17) is 19.2 Å². The summed E-state index contributed by atoms with van der Waals surface area (Å²) in [5, 5.41) is 0. The van der Waals surface area contributed by atoms with Gasteiger partial charge in [-0.1, -0.05) is 91.0 Å². The Bertz CT molecular complexity index is 1430. The van der Waals surface area contributed by atoms with Gasteiger partial charge in [-0.2, -0.15) is 0 Å². The maximum Gasteiger partial charge on any atom is 0.314 e. The van der Waals surface area contributed by atoms with E-state index < -0.39 is 17.4 Å². The molecule has 4 aliphatic rings. The summed E-state index contributed by atoms with van der Waals surface area (Å²) in [6.07, 6.45) is 2.42. The molecule has 3 fully saturated rings. The second kappa shape index (κ2) is 12.0. The highest BCUT2D eigenvalue weighted by atomic mass is 16.6. The molecule has 0 saturated carbocycles. The minimum absolute atomic E-state index is 0.00558. The molecule has 5 atom stereocenters. The van der Waals surface area contributed by atoms with Crippen LogP contribution < -0.4 is 0 Å². The molecule has 0 amide bonds. The quantitative estimate of drug-likeness (QED) is 0.323. The van der Waals surface area contributed by atoms with E-state index in [2.05, 4.69) is 94.7 Å². The number of esters is 1. The van der Waals surface area contributed by atoms with E-state index in [-0.39, 0.29) is 17.9 Å². The van der Waals surface area contributed by atoms with E-state index >= 15 is 0 Å². The second-order valence-electron chi connectivity index (χ2n) is 12.2. The fraction of sp³-hybridized carbons (Fsp3) is 0.444. The summed E-state index contributed by atoms with van der Waals surface area (Å²) in [5.74, 6) is -0.759. The van der Waals surface area contributed by atoms with Crippen molar-refractivity contribution in [3.05, 3.63) is 108 Å². The zero-order valence-electron chi connectivity index (χ0n) is 24.9. The van der Waals surface area contributed by atoms with Gasteiger partial charge >= 0.3 is 5.97 Å². The molecule has 7 rings (SSSR count). The third-order valence-electron chi connectivity index (χ3n) is 9.76. The molecule has 3 aromatic rings. The molecule has 1 unspecified atom stereocenters. The monoisotopic (exact) mass is 579 g/mol. The molecule has 0 N–H and O–H groups in total. The first kappa shape index (κ1) is 28.4. The topological polar surface area (TPSA) is 63.6 Å². The summed E-state index contributed by atoms with van der Waals surface area (Å²) in [7, 11) is 0. The smallest absolute Gasteiger partial charge is 0.314 e. The van der Waals surface area contributed by atoms with Gasteiger partial charge in [0.25, 0.3) is 0 Å². The third-order valence-corrected chi connectivity index (χ3v) is 9.76. The molecule has 224 valence electrons. The third kappa shape index (κ3) is 5.02. The molecule has 0 aliphatic carbocycles. The Kier molecular flexibility index (Phi) is 7.91. The van der Waals surface area contributed by atoms with Gasteiger partial charge in [-0.15, -0.1) is 0 Å². The van der Waals surface area contributed by atoms with Crippen LogP contribution in [0, 0.1) is 11.8 Å². The molecule has 4 aliphatic heterocycles. The molecule has 2 bridgehead atoms. The van der Waals surface area contributed by atoms with Gasteiger partial charge < -0.3 is 14.2 Å². The minimum atomic E-state index is -0.944. The number of morpholine rings is 1. The summed E-state index contributed by atoms with van der Waals surface area (Å²) < 4.78 is 19.1. The summed E-state index contributed by atoms with van der Waals surface area (Å²) in [6.45, 7) is 6.33. The van der Waals surface area contributed by atoms with Crippen molar-refractivity contribution in [2.45, 2.75) is 50.2 Å². The molecule has 7 heteroatoms. The molecule has 7 nitrogen and oxygen atoms in total. The molecule has 0 radical (unpaired) electrons. The number of hydrogen-bond donors (Lipinski definition) is 0. The van der Waals surface area contributed by atoms with Crippen molar-refractivity contribution in [2.75, 3.05) is 39.5 Å². The van der Waals surface area contributed by atoms with E-state index in [0.29, 0.717) is 39.3 Å². The van der Waals surface area contributed by atoms with Crippen LogP contribution in [0.15, 0.2) is 96.0 Å². The first-order valence-corrected chi connectivity index (χ1v) is 15.8. The van der Waals surface area contributed by atoms with Gasteiger partial charge in [-0.05, 0) is 36.5 Å². The predicted molar refractivity (Wildman–Crippen MR) is 166 cm³/mol. The Hall–Kier alpha value is -3.36. The van der Waals surface area contributed by atoms with E-state index in [1.54, 1.807) is 0 Å². The lowest BCUT2D eigenvalue weighted by molar-refractivity contribution is -0.182. The number of nitrogens with zero attached hydrogens (tertiary/aromatic N) is 3. The number of rotatable bonds is 10. The first-order valence-electron chi connectivity index (χ1n) is 15.8. The average molecular weight is 580 g/mol. The molecule has 1 spiro atoms. The van der Waals surface area contributed by atoms with Crippen LogP contribution >= 0.6 is 0 Å². The number of aliphatic imine (C=N–C) groups is 1. The van der Waals surface area contributed by atoms with E-state index in [1.807, 2.05) is 13.0 Å². The Morgan fingerprint density at radius 1 is 0.907 bits per heavy atom. The zero-order valence-corrected chi connectivity index (χ0v) is 24.9. The number of carbonyl (C=O) groups is 1. The van der Waals surface area contributed by atoms with Gasteiger partial charge in [0.05, 0.1) is 31.6 Å². The lowest BCUT2D eigenvalue weighted by Gasteiger charge is -2.45. The van der Waals surface area contributed by atoms with Gasteiger partial charge in [0.2, 0.25) is 0 Å². The fourth-order valence-electron chi connectivity index (χ4n) is 7.98. The van der Waals surface area contributed by atoms with Crippen LogP contribution in [0.2, 0.25) is 0 Å². The summed E-state index contributed by atoms with van der Waals surface area (Å²) in [6, 6.07) is 31.7. The number of carbonyl (C=O) groups excluding carboxylic acids is 1. The highest BCUT2D eigenvalue weighted by molar-refractivity contribution is 6.01. The van der Waals surface area contributed by atoms with Crippen molar-refractivity contribution in [3.8, 4) is 0 Å². The largest absolute Gasteiger partial charge is 0.466 e. The normalized spacial score (nSPS) is 30.3. The molecule has 3 aromatic carbocycles. The maximum atomic E-state index is 14.1. The summed E-state index contributed by atoms with van der Waals surface area (Å²) in [5.41, 5.74) is 2.89. The predicted octanol–water partition coefficient (Wildman–Crippen LogP) is 4.75. The number of hydrogen-bond acceptors (Lipinski definition) is 7. The minimum Gasteiger partial charge on any atom is -0.466 e. The maximum absolute atomic E-state index is 14.1. The lowest BCUT2D eigenvalue weighted by atomic mass is 9.74. The van der Waals surface area contributed by atoms with Gasteiger partial charge in [-0.25, -0.2) is 0 Å². The van der Waals surface area contributed by atoms with Gasteiger partial charge in [0, 0.05) is 38.5 Å². The number of aryl methyl sites for hydroxylation is 1. The van der Waals surface area contributed by atoms with E-state index in [1.165, 1.54) is 16.7 Å². The van der Waals surface area contributed by atoms with Gasteiger partial charge in [-0.3, -0.25) is 19.6 Å². The van der Waals surface area contributed by atoms with Crippen LogP contribution in [-0.2, 0) is 38.4 Å². The molecule has 4 heterocycles. The number of ether oxygens (including phenoxy) is 3. The summed E-state index contributed by atoms with van der Waals surface area (Å²) in [4.78, 5) is 24.6. The van der Waals surface area contributed by atoms with E-state index in [9.17, 15) is 4.79 Å². The van der Waals surface area contributed by atoms with Crippen molar-refractivity contribution in [1.82, 2.24) is 9.80 Å². The molecular formula is C36H41N3O4. The summed E-state index contributed by atoms with van der Waals surface area (Å²) >= 11 is 0. The van der Waals surface area contributed by atoms with Gasteiger partial charge in [0.15, 0.2) is 11.4 Å². The lowest BCUT2D eigenvalue weighted by Crippen LogP contribution is -2.64. The van der Waals surface area contributed by atoms with Crippen LogP contribution in [0.3, 0.4) is 0 Å². The highest BCUT2D eigenvalue weighted by Gasteiger charge is 2.78. The first-order chi connectivity index (χ1) is 21.1. The van der Waals surface area contributed by atoms with Crippen LogP contribution in [0.25, 0.3) is 0 Å². The Labute approximate surface area is 254 Å². The van der Waals surface area contributed by atoms with Crippen LogP contribution in [-0.4, -0.2) is 78.4 Å². The van der Waals surface area contributed by atoms with E-state index in [0.717, 1.165) is 31.6 Å². The van der Waals surface area contributed by atoms with Gasteiger partial charge in [0.1, 0.15) is 5.92 Å². The van der Waals surface area contributed by atoms with Crippen molar-refractivity contribution < 1.29 is 19.0 Å².